The molecule has 2 amide bonds. The van der Waals surface area contributed by atoms with Gasteiger partial charge in [0.05, 0.1) is 42.2 Å². The van der Waals surface area contributed by atoms with E-state index >= 15 is 0 Å². The van der Waals surface area contributed by atoms with E-state index in [9.17, 15) is 29.1 Å². The molecule has 0 unspecified atom stereocenters. The van der Waals surface area contributed by atoms with Crippen LogP contribution < -0.4 is 5.73 Å². The first-order valence-corrected chi connectivity index (χ1v) is 18.2. The van der Waals surface area contributed by atoms with Crippen molar-refractivity contribution < 1.29 is 38.6 Å². The number of carboxylic acids is 1. The van der Waals surface area contributed by atoms with Crippen LogP contribution in [-0.2, 0) is 39.9 Å². The molecule has 3 rings (SSSR count). The molecule has 1 aliphatic heterocycles. The molecule has 1 aromatic carbocycles. The Kier molecular flexibility index (Phi) is 15.2. The minimum atomic E-state index is -1.05. The van der Waals surface area contributed by atoms with Crippen molar-refractivity contribution in [2.24, 2.45) is 35.3 Å². The maximum atomic E-state index is 14.1. The van der Waals surface area contributed by atoms with Gasteiger partial charge in [-0.3, -0.25) is 24.0 Å². The molecule has 1 aromatic rings. The van der Waals surface area contributed by atoms with Crippen molar-refractivity contribution in [2.75, 3.05) is 27.8 Å². The summed E-state index contributed by atoms with van der Waals surface area (Å²) in [6, 6.07) is 8.54. The molecule has 50 heavy (non-hydrogen) atoms. The lowest BCUT2D eigenvalue weighted by Crippen LogP contribution is -2.56. The van der Waals surface area contributed by atoms with Crippen LogP contribution in [0.1, 0.15) is 91.5 Å². The van der Waals surface area contributed by atoms with Crippen LogP contribution in [0.5, 0.6) is 0 Å². The summed E-state index contributed by atoms with van der Waals surface area (Å²) in [5.74, 6) is -3.68. The van der Waals surface area contributed by atoms with Crippen molar-refractivity contribution in [2.45, 2.75) is 122 Å². The second-order valence-corrected chi connectivity index (χ2v) is 15.5. The molecule has 280 valence electrons. The standard InChI is InChI=1S/C39H61N3O8/c1-24(2)29(22-33(44)39(4,5)40)37(46)41(6)35(27-16-12-17-27)32(49-7)23-34(45)42-19-13-18-30(42)36(50-8)25(3)31(43)21-28(38(47)48)20-26-14-10-9-11-15-26/h9-11,14-15,24-25,27-30,32,35-36H,12-13,16-23,40H2,1-8H3,(H,47,48)/t25-,28+,29-,30-,32+,35-,36+/m0/s1. The van der Waals surface area contributed by atoms with Crippen LogP contribution in [0, 0.1) is 29.6 Å². The van der Waals surface area contributed by atoms with Gasteiger partial charge in [-0.05, 0) is 63.4 Å². The molecule has 11 heteroatoms. The van der Waals surface area contributed by atoms with Gasteiger partial charge in [-0.15, -0.1) is 0 Å². The van der Waals surface area contributed by atoms with Gasteiger partial charge in [-0.2, -0.15) is 0 Å². The highest BCUT2D eigenvalue weighted by molar-refractivity contribution is 5.92. The molecular formula is C39H61N3O8. The number of methoxy groups -OCH3 is 2. The number of Topliss-reactive ketones (excluding diaryl/α,β-unsaturated/α-hetero) is 2. The fourth-order valence-electron chi connectivity index (χ4n) is 7.66. The highest BCUT2D eigenvalue weighted by Crippen LogP contribution is 2.37. The number of ether oxygens (including phenoxy) is 2. The number of hydrogen-bond acceptors (Lipinski definition) is 8. The maximum Gasteiger partial charge on any atom is 0.307 e. The molecule has 0 aromatic heterocycles. The number of aliphatic carboxylic acids is 1. The van der Waals surface area contributed by atoms with Crippen LogP contribution in [0.4, 0.5) is 0 Å². The van der Waals surface area contributed by atoms with Gasteiger partial charge in [-0.1, -0.05) is 57.5 Å². The number of likely N-dealkylation sites (N-methyl/N-ethyl adjacent to an activating group) is 1. The Bertz CT molecular complexity index is 1310. The first kappa shape index (κ1) is 41.3. The first-order chi connectivity index (χ1) is 23.5. The number of benzene rings is 1. The lowest BCUT2D eigenvalue weighted by atomic mass is 9.75. The normalized spacial score (nSPS) is 20.4. The Morgan fingerprint density at radius 3 is 2.10 bits per heavy atom. The summed E-state index contributed by atoms with van der Waals surface area (Å²) in [5, 5.41) is 9.91. The smallest absolute Gasteiger partial charge is 0.307 e. The molecule has 3 N–H and O–H groups in total. The Labute approximate surface area is 298 Å². The number of hydrogen-bond donors (Lipinski definition) is 2. The van der Waals surface area contributed by atoms with Gasteiger partial charge >= 0.3 is 5.97 Å². The van der Waals surface area contributed by atoms with Crippen molar-refractivity contribution in [3.05, 3.63) is 35.9 Å². The lowest BCUT2D eigenvalue weighted by Gasteiger charge is -2.45. The highest BCUT2D eigenvalue weighted by atomic mass is 16.5. The van der Waals surface area contributed by atoms with Crippen molar-refractivity contribution >= 4 is 29.4 Å². The Hall–Kier alpha value is -3.15. The highest BCUT2D eigenvalue weighted by Gasteiger charge is 2.45. The number of carbonyl (C=O) groups excluding carboxylic acids is 4. The van der Waals surface area contributed by atoms with Crippen molar-refractivity contribution in [3.8, 4) is 0 Å². The molecule has 0 bridgehead atoms. The number of nitrogens with zero attached hydrogens (tertiary/aromatic N) is 2. The monoisotopic (exact) mass is 699 g/mol. The van der Waals surface area contributed by atoms with Crippen LogP contribution in [-0.4, -0.2) is 102 Å². The zero-order valence-corrected chi connectivity index (χ0v) is 31.4. The second kappa shape index (κ2) is 18.4. The quantitative estimate of drug-likeness (QED) is 0.200. The number of likely N-dealkylation sites (tertiary alicyclic amines) is 1. The number of rotatable bonds is 20. The zero-order chi connectivity index (χ0) is 37.3. The van der Waals surface area contributed by atoms with Gasteiger partial charge in [-0.25, -0.2) is 0 Å². The number of amides is 2. The molecule has 1 heterocycles. The maximum absolute atomic E-state index is 14.1. The van der Waals surface area contributed by atoms with E-state index in [-0.39, 0.29) is 73.0 Å². The molecule has 1 saturated heterocycles. The molecule has 1 aliphatic carbocycles. The minimum absolute atomic E-state index is 0.0442. The van der Waals surface area contributed by atoms with Crippen LogP contribution >= 0.6 is 0 Å². The van der Waals surface area contributed by atoms with Gasteiger partial charge in [0, 0.05) is 52.5 Å². The first-order valence-electron chi connectivity index (χ1n) is 18.2. The molecule has 7 atom stereocenters. The largest absolute Gasteiger partial charge is 0.481 e. The average molecular weight is 700 g/mol. The molecule has 0 spiro atoms. The summed E-state index contributed by atoms with van der Waals surface area (Å²) >= 11 is 0. The number of carboxylic acid groups (broad SMARTS) is 1. The van der Waals surface area contributed by atoms with Gasteiger partial charge < -0.3 is 30.1 Å². The molecule has 2 aliphatic rings. The summed E-state index contributed by atoms with van der Waals surface area (Å²) in [5.41, 5.74) is 5.88. The predicted octanol–water partition coefficient (Wildman–Crippen LogP) is 4.53. The molecule has 11 nitrogen and oxygen atoms in total. The average Bonchev–Trinajstić information content (AvgIpc) is 3.53. The third-order valence-electron chi connectivity index (χ3n) is 11.1. The van der Waals surface area contributed by atoms with Crippen molar-refractivity contribution in [1.29, 1.82) is 0 Å². The van der Waals surface area contributed by atoms with Crippen LogP contribution in [0.25, 0.3) is 0 Å². The van der Waals surface area contributed by atoms with E-state index in [0.717, 1.165) is 31.2 Å². The van der Waals surface area contributed by atoms with Gasteiger partial charge in [0.25, 0.3) is 0 Å². The Balaban J connectivity index is 1.76. The zero-order valence-electron chi connectivity index (χ0n) is 31.4. The van der Waals surface area contributed by atoms with Gasteiger partial charge in [0.2, 0.25) is 11.8 Å². The minimum Gasteiger partial charge on any atom is -0.481 e. The molecule has 0 radical (unpaired) electrons. The number of ketones is 2. The van der Waals surface area contributed by atoms with Gasteiger partial charge in [0.15, 0.2) is 5.78 Å². The third kappa shape index (κ3) is 10.4. The van der Waals surface area contributed by atoms with Crippen molar-refractivity contribution in [1.82, 2.24) is 9.80 Å². The number of nitrogens with two attached hydrogens (primary N) is 1. The second-order valence-electron chi connectivity index (χ2n) is 15.5. The SMILES string of the molecule is CO[C@H]([C@@H](C)C(=O)C[C@@H](Cc1ccccc1)C(=O)O)[C@@H]1CCCN1C(=O)C[C@@H](OC)[C@H](C1CCC1)N(C)C(=O)[C@@H](CC(=O)C(C)(C)N)C(C)C. The molecular weight excluding hydrogens is 638 g/mol. The van der Waals surface area contributed by atoms with E-state index in [0.29, 0.717) is 13.0 Å². The van der Waals surface area contributed by atoms with Crippen LogP contribution in [0.3, 0.4) is 0 Å². The lowest BCUT2D eigenvalue weighted by molar-refractivity contribution is -0.150. The van der Waals surface area contributed by atoms with Crippen LogP contribution in [0.2, 0.25) is 0 Å². The summed E-state index contributed by atoms with van der Waals surface area (Å²) < 4.78 is 11.9. The summed E-state index contributed by atoms with van der Waals surface area (Å²) in [6.07, 6.45) is 3.27. The van der Waals surface area contributed by atoms with E-state index < -0.39 is 41.5 Å². The molecule has 2 fully saturated rings. The van der Waals surface area contributed by atoms with Gasteiger partial charge in [0.1, 0.15) is 5.78 Å². The fourth-order valence-corrected chi connectivity index (χ4v) is 7.66. The van der Waals surface area contributed by atoms with E-state index in [1.807, 2.05) is 44.2 Å². The Morgan fingerprint density at radius 1 is 0.960 bits per heavy atom. The van der Waals surface area contributed by atoms with E-state index in [1.165, 1.54) is 7.11 Å². The number of carbonyl (C=O) groups is 5. The van der Waals surface area contributed by atoms with Crippen molar-refractivity contribution in [3.63, 3.8) is 0 Å². The topological polar surface area (TPSA) is 157 Å². The van der Waals surface area contributed by atoms with E-state index in [2.05, 4.69) is 0 Å². The predicted molar refractivity (Wildman–Crippen MR) is 191 cm³/mol. The summed E-state index contributed by atoms with van der Waals surface area (Å²) in [7, 11) is 4.85. The fraction of sp³-hybridized carbons (Fsp3) is 0.718. The van der Waals surface area contributed by atoms with Crippen LogP contribution in [0.15, 0.2) is 30.3 Å². The van der Waals surface area contributed by atoms with E-state index in [1.54, 1.807) is 44.7 Å². The third-order valence-corrected chi connectivity index (χ3v) is 11.1. The molecule has 1 saturated carbocycles. The van der Waals surface area contributed by atoms with E-state index in [4.69, 9.17) is 15.2 Å². The summed E-state index contributed by atoms with van der Waals surface area (Å²) in [6.45, 7) is 9.42. The summed E-state index contributed by atoms with van der Waals surface area (Å²) in [4.78, 5) is 70.2. The Morgan fingerprint density at radius 2 is 1.60 bits per heavy atom.